The SMILES string of the molecule is COc1ccc2c(c1)C(c1ccccc1)(c1ccc(OC)c(OC)c1)C(=O)N2C(=O)OC(C)(C)C. The molecule has 0 aromatic heterocycles. The zero-order valence-corrected chi connectivity index (χ0v) is 20.7. The number of anilines is 1. The molecule has 35 heavy (non-hydrogen) atoms. The molecule has 1 unspecified atom stereocenters. The van der Waals surface area contributed by atoms with E-state index in [2.05, 4.69) is 0 Å². The first-order valence-corrected chi connectivity index (χ1v) is 11.2. The minimum atomic E-state index is -1.36. The molecule has 0 bridgehead atoms. The number of carbonyl (C=O) groups excluding carboxylic acids is 2. The van der Waals surface area contributed by atoms with Gasteiger partial charge in [-0.3, -0.25) is 4.79 Å². The molecule has 1 atom stereocenters. The van der Waals surface area contributed by atoms with Gasteiger partial charge in [0.05, 0.1) is 27.0 Å². The summed E-state index contributed by atoms with van der Waals surface area (Å²) in [6.07, 6.45) is -0.743. The van der Waals surface area contributed by atoms with Gasteiger partial charge in [-0.25, -0.2) is 9.69 Å². The Morgan fingerprint density at radius 1 is 0.800 bits per heavy atom. The van der Waals surface area contributed by atoms with Crippen LogP contribution >= 0.6 is 0 Å². The van der Waals surface area contributed by atoms with Gasteiger partial charge >= 0.3 is 6.09 Å². The van der Waals surface area contributed by atoms with Crippen LogP contribution in [0.3, 0.4) is 0 Å². The molecule has 0 saturated carbocycles. The fourth-order valence-electron chi connectivity index (χ4n) is 4.50. The van der Waals surface area contributed by atoms with E-state index >= 15 is 0 Å². The topological polar surface area (TPSA) is 74.3 Å². The van der Waals surface area contributed by atoms with Gasteiger partial charge in [-0.1, -0.05) is 36.4 Å². The first-order chi connectivity index (χ1) is 16.7. The number of nitrogens with zero attached hydrogens (tertiary/aromatic N) is 1. The second kappa shape index (κ2) is 8.98. The van der Waals surface area contributed by atoms with Crippen LogP contribution in [0.5, 0.6) is 17.2 Å². The Balaban J connectivity index is 2.07. The summed E-state index contributed by atoms with van der Waals surface area (Å²) in [7, 11) is 4.65. The lowest BCUT2D eigenvalue weighted by atomic mass is 9.70. The van der Waals surface area contributed by atoms with Crippen LogP contribution in [0.4, 0.5) is 10.5 Å². The Morgan fingerprint density at radius 2 is 1.49 bits per heavy atom. The van der Waals surface area contributed by atoms with Crippen molar-refractivity contribution in [1.29, 1.82) is 0 Å². The van der Waals surface area contributed by atoms with Crippen LogP contribution < -0.4 is 19.1 Å². The van der Waals surface area contributed by atoms with Crippen molar-refractivity contribution in [2.75, 3.05) is 26.2 Å². The lowest BCUT2D eigenvalue weighted by Gasteiger charge is -2.31. The first kappa shape index (κ1) is 24.1. The average molecular weight is 476 g/mol. The highest BCUT2D eigenvalue weighted by molar-refractivity contribution is 6.24. The summed E-state index contributed by atoms with van der Waals surface area (Å²) in [4.78, 5) is 29.0. The molecule has 2 amide bonds. The van der Waals surface area contributed by atoms with Crippen LogP contribution in [0.1, 0.15) is 37.5 Å². The van der Waals surface area contributed by atoms with Crippen molar-refractivity contribution in [2.24, 2.45) is 0 Å². The van der Waals surface area contributed by atoms with Gasteiger partial charge in [-0.05, 0) is 62.2 Å². The lowest BCUT2D eigenvalue weighted by molar-refractivity contribution is -0.120. The van der Waals surface area contributed by atoms with Crippen LogP contribution in [0, 0.1) is 0 Å². The van der Waals surface area contributed by atoms with Crippen LogP contribution in [0.2, 0.25) is 0 Å². The van der Waals surface area contributed by atoms with E-state index in [-0.39, 0.29) is 0 Å². The third-order valence-corrected chi connectivity index (χ3v) is 5.97. The number of benzene rings is 3. The zero-order chi connectivity index (χ0) is 25.4. The van der Waals surface area contributed by atoms with E-state index in [9.17, 15) is 9.59 Å². The standard InChI is InChI=1S/C28H29NO6/c1-27(2,3)35-26(31)29-22-14-13-20(32-4)17-21(22)28(25(29)30,18-10-8-7-9-11-18)19-12-15-23(33-5)24(16-19)34-6/h7-17H,1-6H3. The third kappa shape index (κ3) is 3.97. The van der Waals surface area contributed by atoms with Crippen molar-refractivity contribution in [2.45, 2.75) is 31.8 Å². The Labute approximate surface area is 205 Å². The van der Waals surface area contributed by atoms with Crippen molar-refractivity contribution in [3.8, 4) is 17.2 Å². The molecule has 4 rings (SSSR count). The molecule has 3 aromatic carbocycles. The predicted octanol–water partition coefficient (Wildman–Crippen LogP) is 5.33. The van der Waals surface area contributed by atoms with Gasteiger partial charge < -0.3 is 18.9 Å². The summed E-state index contributed by atoms with van der Waals surface area (Å²) in [5.74, 6) is 1.10. The van der Waals surface area contributed by atoms with E-state index in [4.69, 9.17) is 18.9 Å². The Kier molecular flexibility index (Phi) is 6.19. The van der Waals surface area contributed by atoms with E-state index in [0.29, 0.717) is 39.6 Å². The Morgan fingerprint density at radius 3 is 2.09 bits per heavy atom. The number of fused-ring (bicyclic) bond motifs is 1. The predicted molar refractivity (Wildman–Crippen MR) is 133 cm³/mol. The van der Waals surface area contributed by atoms with Crippen LogP contribution in [-0.4, -0.2) is 38.9 Å². The number of ether oxygens (including phenoxy) is 4. The highest BCUT2D eigenvalue weighted by Gasteiger charge is 2.56. The monoisotopic (exact) mass is 475 g/mol. The van der Waals surface area contributed by atoms with Gasteiger partial charge in [-0.15, -0.1) is 0 Å². The molecular weight excluding hydrogens is 446 g/mol. The molecule has 7 nitrogen and oxygen atoms in total. The Hall–Kier alpha value is -4.00. The second-order valence-corrected chi connectivity index (χ2v) is 9.19. The molecule has 1 aliphatic heterocycles. The van der Waals surface area contributed by atoms with E-state index < -0.39 is 23.0 Å². The fraction of sp³-hybridized carbons (Fsp3) is 0.286. The van der Waals surface area contributed by atoms with Gasteiger partial charge in [0.15, 0.2) is 11.5 Å². The highest BCUT2D eigenvalue weighted by atomic mass is 16.6. The molecule has 7 heteroatoms. The molecule has 0 fully saturated rings. The molecule has 0 spiro atoms. The summed E-state index contributed by atoms with van der Waals surface area (Å²) in [5.41, 5.74) is 0.201. The molecule has 1 heterocycles. The number of imide groups is 1. The lowest BCUT2D eigenvalue weighted by Crippen LogP contribution is -2.46. The molecule has 0 aliphatic carbocycles. The van der Waals surface area contributed by atoms with Crippen LogP contribution in [0.25, 0.3) is 0 Å². The van der Waals surface area contributed by atoms with Crippen molar-refractivity contribution in [1.82, 2.24) is 0 Å². The number of hydrogen-bond donors (Lipinski definition) is 0. The minimum absolute atomic E-state index is 0.434. The molecule has 1 aliphatic rings. The van der Waals surface area contributed by atoms with Gasteiger partial charge in [-0.2, -0.15) is 0 Å². The third-order valence-electron chi connectivity index (χ3n) is 5.97. The largest absolute Gasteiger partial charge is 0.497 e. The normalized spacial score (nSPS) is 17.1. The maximum Gasteiger partial charge on any atom is 0.421 e. The van der Waals surface area contributed by atoms with Crippen molar-refractivity contribution in [3.05, 3.63) is 83.4 Å². The quantitative estimate of drug-likeness (QED) is 0.497. The first-order valence-electron chi connectivity index (χ1n) is 11.2. The molecule has 0 radical (unpaired) electrons. The minimum Gasteiger partial charge on any atom is -0.497 e. The smallest absolute Gasteiger partial charge is 0.421 e. The van der Waals surface area contributed by atoms with Gasteiger partial charge in [0.2, 0.25) is 0 Å². The molecule has 0 N–H and O–H groups in total. The number of hydrogen-bond acceptors (Lipinski definition) is 6. The van der Waals surface area contributed by atoms with Crippen molar-refractivity contribution >= 4 is 17.7 Å². The van der Waals surface area contributed by atoms with Crippen molar-refractivity contribution < 1.29 is 28.5 Å². The molecular formula is C28H29NO6. The van der Waals surface area contributed by atoms with Gasteiger partial charge in [0.1, 0.15) is 16.8 Å². The van der Waals surface area contributed by atoms with E-state index in [0.717, 1.165) is 4.90 Å². The number of amides is 2. The summed E-state index contributed by atoms with van der Waals surface area (Å²) < 4.78 is 22.1. The number of rotatable bonds is 5. The van der Waals surface area contributed by atoms with Crippen LogP contribution in [-0.2, 0) is 14.9 Å². The summed E-state index contributed by atoms with van der Waals surface area (Å²) in [6, 6.07) is 19.9. The summed E-state index contributed by atoms with van der Waals surface area (Å²) >= 11 is 0. The van der Waals surface area contributed by atoms with E-state index in [1.807, 2.05) is 36.4 Å². The summed E-state index contributed by atoms with van der Waals surface area (Å²) in [5, 5.41) is 0. The second-order valence-electron chi connectivity index (χ2n) is 9.19. The van der Waals surface area contributed by atoms with Crippen LogP contribution in [0.15, 0.2) is 66.7 Å². The van der Waals surface area contributed by atoms with Gasteiger partial charge in [0, 0.05) is 5.56 Å². The Bertz CT molecular complexity index is 1260. The maximum absolute atomic E-state index is 14.5. The summed E-state index contributed by atoms with van der Waals surface area (Å²) in [6.45, 7) is 5.29. The zero-order valence-electron chi connectivity index (χ0n) is 20.7. The van der Waals surface area contributed by atoms with Gasteiger partial charge in [0.25, 0.3) is 5.91 Å². The molecule has 3 aromatic rings. The average Bonchev–Trinajstić information content (AvgIpc) is 3.11. The highest BCUT2D eigenvalue weighted by Crippen LogP contribution is 2.52. The van der Waals surface area contributed by atoms with E-state index in [1.54, 1.807) is 65.3 Å². The van der Waals surface area contributed by atoms with E-state index in [1.165, 1.54) is 7.11 Å². The molecule has 182 valence electrons. The molecule has 0 saturated heterocycles. The number of methoxy groups -OCH3 is 3. The fourth-order valence-corrected chi connectivity index (χ4v) is 4.50. The maximum atomic E-state index is 14.5. The van der Waals surface area contributed by atoms with Crippen molar-refractivity contribution in [3.63, 3.8) is 0 Å². The number of carbonyl (C=O) groups is 2.